The molecule has 3 aromatic carbocycles. The van der Waals surface area contributed by atoms with Gasteiger partial charge in [0.2, 0.25) is 0 Å². The number of halogens is 1. The first-order chi connectivity index (χ1) is 12.8. The maximum Gasteiger partial charge on any atom is 0.123 e. The van der Waals surface area contributed by atoms with E-state index in [0.717, 1.165) is 24.2 Å². The largest absolute Gasteiger partial charge is 0.248 e. The van der Waals surface area contributed by atoms with E-state index in [1.54, 1.807) is 23.9 Å². The summed E-state index contributed by atoms with van der Waals surface area (Å²) in [5.41, 5.74) is 5.47. The topological polar surface area (TPSA) is 12.4 Å². The molecule has 0 bridgehead atoms. The molecule has 0 saturated heterocycles. The van der Waals surface area contributed by atoms with Gasteiger partial charge in [-0.15, -0.1) is 0 Å². The van der Waals surface area contributed by atoms with Gasteiger partial charge in [0.15, 0.2) is 0 Å². The Balaban J connectivity index is 1.74. The summed E-state index contributed by atoms with van der Waals surface area (Å²) in [6, 6.07) is 25.1. The third kappa shape index (κ3) is 3.78. The van der Waals surface area contributed by atoms with E-state index in [9.17, 15) is 4.39 Å². The van der Waals surface area contributed by atoms with Gasteiger partial charge in [0.25, 0.3) is 0 Å². The molecule has 1 aliphatic rings. The molecule has 0 aromatic heterocycles. The van der Waals surface area contributed by atoms with Gasteiger partial charge in [0.1, 0.15) is 5.82 Å². The van der Waals surface area contributed by atoms with Crippen LogP contribution in [0.2, 0.25) is 0 Å². The Hall–Kier alpha value is -2.65. The molecule has 0 unspecified atom stereocenters. The van der Waals surface area contributed by atoms with Crippen LogP contribution in [0.25, 0.3) is 0 Å². The van der Waals surface area contributed by atoms with Crippen LogP contribution in [0.3, 0.4) is 0 Å². The molecule has 1 aliphatic carbocycles. The summed E-state index contributed by atoms with van der Waals surface area (Å²) in [5.74, 6) is -0.242. The molecule has 3 heteroatoms. The number of aryl methyl sites for hydroxylation is 1. The summed E-state index contributed by atoms with van der Waals surface area (Å²) in [4.78, 5) is 6.07. The second-order valence-corrected chi connectivity index (χ2v) is 7.11. The van der Waals surface area contributed by atoms with Crippen LogP contribution in [0.4, 0.5) is 10.1 Å². The molecule has 26 heavy (non-hydrogen) atoms. The highest BCUT2D eigenvalue weighted by Gasteiger charge is 2.19. The van der Waals surface area contributed by atoms with Crippen molar-refractivity contribution in [1.29, 1.82) is 0 Å². The normalized spacial score (nSPS) is 16.7. The molecule has 0 radical (unpaired) electrons. The zero-order chi connectivity index (χ0) is 17.8. The Morgan fingerprint density at radius 2 is 1.54 bits per heavy atom. The van der Waals surface area contributed by atoms with Gasteiger partial charge in [-0.25, -0.2) is 9.38 Å². The zero-order valence-corrected chi connectivity index (χ0v) is 15.0. The number of rotatable bonds is 3. The predicted molar refractivity (Wildman–Crippen MR) is 108 cm³/mol. The minimum absolute atomic E-state index is 0.242. The summed E-state index contributed by atoms with van der Waals surface area (Å²) in [5, 5.41) is 2.20. The van der Waals surface area contributed by atoms with Gasteiger partial charge in [-0.2, -0.15) is 0 Å². The molecular formula is C23H18FNS. The van der Waals surface area contributed by atoms with Crippen molar-refractivity contribution >= 4 is 23.2 Å². The predicted octanol–water partition coefficient (Wildman–Crippen LogP) is 6.57. The van der Waals surface area contributed by atoms with Crippen molar-refractivity contribution in [2.24, 2.45) is 4.99 Å². The van der Waals surface area contributed by atoms with Crippen molar-refractivity contribution in [3.05, 3.63) is 107 Å². The fraction of sp³-hybridized carbons (Fsp3) is 0.0870. The summed E-state index contributed by atoms with van der Waals surface area (Å²) < 4.78 is 13.2. The van der Waals surface area contributed by atoms with Crippen molar-refractivity contribution < 1.29 is 4.39 Å². The smallest absolute Gasteiger partial charge is 0.123 e. The van der Waals surface area contributed by atoms with E-state index in [2.05, 4.69) is 35.7 Å². The Labute approximate surface area is 157 Å². The monoisotopic (exact) mass is 359 g/mol. The number of thioether (sulfide) groups is 1. The molecule has 0 atom stereocenters. The first-order valence-electron chi connectivity index (χ1n) is 8.63. The van der Waals surface area contributed by atoms with Gasteiger partial charge in [0, 0.05) is 10.5 Å². The van der Waals surface area contributed by atoms with Crippen molar-refractivity contribution in [1.82, 2.24) is 0 Å². The van der Waals surface area contributed by atoms with Gasteiger partial charge >= 0.3 is 0 Å². The minimum Gasteiger partial charge on any atom is -0.248 e. The number of aliphatic imine (C=N–C) groups is 1. The fourth-order valence-electron chi connectivity index (χ4n) is 3.06. The number of hydrogen-bond acceptors (Lipinski definition) is 2. The highest BCUT2D eigenvalue weighted by Crippen LogP contribution is 2.31. The highest BCUT2D eigenvalue weighted by atomic mass is 32.2. The van der Waals surface area contributed by atoms with Crippen LogP contribution < -0.4 is 0 Å². The molecule has 0 N–H and O–H groups in total. The molecule has 1 nitrogen and oxygen atoms in total. The van der Waals surface area contributed by atoms with Crippen molar-refractivity contribution in [2.75, 3.05) is 0 Å². The van der Waals surface area contributed by atoms with Crippen LogP contribution >= 0.6 is 11.8 Å². The molecule has 0 saturated carbocycles. The van der Waals surface area contributed by atoms with Crippen LogP contribution in [0, 0.1) is 5.82 Å². The number of hydrogen-bond donors (Lipinski definition) is 0. The molecule has 0 amide bonds. The molecule has 0 spiro atoms. The van der Waals surface area contributed by atoms with E-state index < -0.39 is 0 Å². The molecule has 4 rings (SSSR count). The molecule has 3 aromatic rings. The second-order valence-electron chi connectivity index (χ2n) is 6.17. The minimum atomic E-state index is -0.242. The van der Waals surface area contributed by atoms with Gasteiger partial charge in [-0.05, 0) is 65.8 Å². The van der Waals surface area contributed by atoms with Crippen LogP contribution in [0.5, 0.6) is 0 Å². The van der Waals surface area contributed by atoms with Gasteiger partial charge < -0.3 is 0 Å². The molecular weight excluding hydrogens is 341 g/mol. The number of benzene rings is 3. The van der Waals surface area contributed by atoms with E-state index in [0.29, 0.717) is 0 Å². The van der Waals surface area contributed by atoms with Crippen molar-refractivity contribution in [3.8, 4) is 0 Å². The van der Waals surface area contributed by atoms with E-state index in [-0.39, 0.29) is 5.82 Å². The first-order valence-corrected chi connectivity index (χ1v) is 9.51. The number of fused-ring (bicyclic) bond motifs is 1. The average molecular weight is 359 g/mol. The highest BCUT2D eigenvalue weighted by molar-refractivity contribution is 8.02. The van der Waals surface area contributed by atoms with E-state index in [1.807, 2.05) is 24.3 Å². The number of nitrogens with zero attached hydrogens (tertiary/aromatic N) is 1. The Morgan fingerprint density at radius 3 is 2.35 bits per heavy atom. The number of allylic oxidation sites excluding steroid dienone is 1. The van der Waals surface area contributed by atoms with Crippen LogP contribution in [-0.2, 0) is 6.42 Å². The lowest BCUT2D eigenvalue weighted by atomic mass is 9.87. The Morgan fingerprint density at radius 1 is 0.808 bits per heavy atom. The fourth-order valence-corrected chi connectivity index (χ4v) is 3.88. The quantitative estimate of drug-likeness (QED) is 0.482. The average Bonchev–Trinajstić information content (AvgIpc) is 2.70. The first kappa shape index (κ1) is 16.8. The van der Waals surface area contributed by atoms with Crippen molar-refractivity contribution in [2.45, 2.75) is 17.7 Å². The third-order valence-corrected chi connectivity index (χ3v) is 5.34. The summed E-state index contributed by atoms with van der Waals surface area (Å²) >= 11 is 1.72. The Bertz CT molecular complexity index is 959. The van der Waals surface area contributed by atoms with Crippen LogP contribution in [-0.4, -0.2) is 5.71 Å². The summed E-state index contributed by atoms with van der Waals surface area (Å²) in [6.45, 7) is 0. The van der Waals surface area contributed by atoms with Gasteiger partial charge in [-0.1, -0.05) is 54.2 Å². The lowest BCUT2D eigenvalue weighted by molar-refractivity contribution is 0.628. The Kier molecular flexibility index (Phi) is 4.98. The molecule has 0 fully saturated rings. The van der Waals surface area contributed by atoms with E-state index in [1.165, 1.54) is 33.7 Å². The van der Waals surface area contributed by atoms with Gasteiger partial charge in [0.05, 0.1) is 11.4 Å². The SMILES string of the molecule is Fc1ccc(N=C2C(=CSc3ccccc3)CCc3ccccc32)cc1. The van der Waals surface area contributed by atoms with Gasteiger partial charge in [-0.3, -0.25) is 0 Å². The molecule has 128 valence electrons. The molecule has 0 aliphatic heterocycles. The summed E-state index contributed by atoms with van der Waals surface area (Å²) in [6.07, 6.45) is 1.97. The van der Waals surface area contributed by atoms with E-state index >= 15 is 0 Å². The maximum absolute atomic E-state index is 13.2. The standard InChI is InChI=1S/C23H18FNS/c24-19-12-14-20(15-13-19)25-23-18(16-26-21-7-2-1-3-8-21)11-10-17-6-4-5-9-22(17)23/h1-9,12-16H,10-11H2. The van der Waals surface area contributed by atoms with E-state index in [4.69, 9.17) is 4.99 Å². The second kappa shape index (κ2) is 7.71. The lowest BCUT2D eigenvalue weighted by Gasteiger charge is -2.21. The maximum atomic E-state index is 13.2. The van der Waals surface area contributed by atoms with Crippen LogP contribution in [0.1, 0.15) is 17.5 Å². The van der Waals surface area contributed by atoms with Crippen LogP contribution in [0.15, 0.2) is 99.7 Å². The molecule has 0 heterocycles. The summed E-state index contributed by atoms with van der Waals surface area (Å²) in [7, 11) is 0. The van der Waals surface area contributed by atoms with Crippen molar-refractivity contribution in [3.63, 3.8) is 0 Å². The lowest BCUT2D eigenvalue weighted by Crippen LogP contribution is -2.14. The zero-order valence-electron chi connectivity index (χ0n) is 14.2. The third-order valence-electron chi connectivity index (χ3n) is 4.39.